The third kappa shape index (κ3) is 335. The fourth-order valence-electron chi connectivity index (χ4n) is 0. The van der Waals surface area contributed by atoms with Crippen LogP contribution in [0.25, 0.3) is 0 Å². The average molecular weight is 312 g/mol. The van der Waals surface area contributed by atoms with E-state index in [4.69, 9.17) is 64.4 Å². The fourth-order valence-corrected chi connectivity index (χ4v) is 0. The van der Waals surface area contributed by atoms with E-state index in [0.717, 1.165) is 0 Å². The van der Waals surface area contributed by atoms with Crippen LogP contribution in [0.3, 0.4) is 0 Å². The molecule has 0 aliphatic carbocycles. The van der Waals surface area contributed by atoms with Gasteiger partial charge in [0, 0.05) is 13.1 Å². The smallest absolute Gasteiger partial charge is 0.652 e. The minimum Gasteiger partial charge on any atom is -0.652 e. The third-order valence-electron chi connectivity index (χ3n) is 0.544. The number of hydrogen-bond acceptors (Lipinski definition) is 10. The zero-order valence-corrected chi connectivity index (χ0v) is 12.5. The van der Waals surface area contributed by atoms with Crippen molar-refractivity contribution in [2.45, 2.75) is 12.3 Å². The number of carboxylic acid groups (broad SMARTS) is 4. The maximum atomic E-state index is 8.56. The first-order chi connectivity index (χ1) is 8.00. The van der Waals surface area contributed by atoms with Crippen molar-refractivity contribution in [2.75, 3.05) is 13.1 Å². The molecule has 13 heteroatoms. The van der Waals surface area contributed by atoms with Crippen molar-refractivity contribution in [1.29, 1.82) is 0 Å². The van der Waals surface area contributed by atoms with E-state index in [9.17, 15) is 0 Å². The standard InChI is InChI=1S/2C2H9N3.2CH2O3.Ca/c2*3-1-2(4)5;2*2-1(3)4;/h2*2H,1,3-5H2;2*(H2,2,3,4);/q;;;;+2/p-2. The Balaban J connectivity index is -0.0000000453. The van der Waals surface area contributed by atoms with Gasteiger partial charge in [0.05, 0.1) is 12.3 Å². The van der Waals surface area contributed by atoms with E-state index in [2.05, 4.69) is 0 Å². The molecule has 14 N–H and O–H groups in total. The maximum Gasteiger partial charge on any atom is 2.00 e. The second kappa shape index (κ2) is 26.2. The molecule has 0 aromatic heterocycles. The van der Waals surface area contributed by atoms with Crippen molar-refractivity contribution in [2.24, 2.45) is 34.4 Å². The number of carbonyl (C=O) groups excluding carboxylic acids is 1. The first-order valence-corrected chi connectivity index (χ1v) is 4.23. The van der Waals surface area contributed by atoms with Gasteiger partial charge in [0.2, 0.25) is 0 Å². The number of nitrogens with two attached hydrogens (primary N) is 6. The quantitative estimate of drug-likeness (QED) is 0.174. The molecular formula is C6H20CaN6O6. The Morgan fingerprint density at radius 2 is 0.947 bits per heavy atom. The van der Waals surface area contributed by atoms with Gasteiger partial charge in [-0.2, -0.15) is 0 Å². The summed E-state index contributed by atoms with van der Waals surface area (Å²) in [4.78, 5) is 16.9. The number of hydrogen-bond donors (Lipinski definition) is 8. The summed E-state index contributed by atoms with van der Waals surface area (Å²) < 4.78 is 0. The van der Waals surface area contributed by atoms with Gasteiger partial charge in [0.1, 0.15) is 0 Å². The van der Waals surface area contributed by atoms with Gasteiger partial charge in [-0.1, -0.05) is 0 Å². The number of carbonyl (C=O) groups is 2. The van der Waals surface area contributed by atoms with E-state index in [1.54, 1.807) is 0 Å². The summed E-state index contributed by atoms with van der Waals surface area (Å²) in [5.41, 5.74) is 29.6. The molecule has 0 saturated carbocycles. The molecule has 0 radical (unpaired) electrons. The van der Waals surface area contributed by atoms with Crippen LogP contribution in [0, 0.1) is 0 Å². The second-order valence-corrected chi connectivity index (χ2v) is 2.33. The van der Waals surface area contributed by atoms with E-state index in [1.165, 1.54) is 0 Å². The predicted octanol–water partition coefficient (Wildman–Crippen LogP) is -6.23. The van der Waals surface area contributed by atoms with E-state index in [1.807, 2.05) is 0 Å². The minimum atomic E-state index is -2.33. The van der Waals surface area contributed by atoms with Gasteiger partial charge in [0.15, 0.2) is 0 Å². The summed E-state index contributed by atoms with van der Waals surface area (Å²) in [6, 6.07) is 0. The molecule has 0 aromatic rings. The monoisotopic (exact) mass is 312 g/mol. The Morgan fingerprint density at radius 3 is 0.947 bits per heavy atom. The molecule has 0 spiro atoms. The van der Waals surface area contributed by atoms with E-state index in [-0.39, 0.29) is 50.1 Å². The molecule has 0 aromatic carbocycles. The van der Waals surface area contributed by atoms with Crippen LogP contribution < -0.4 is 44.6 Å². The maximum absolute atomic E-state index is 8.56. The normalized spacial score (nSPS) is 7.58. The van der Waals surface area contributed by atoms with Crippen molar-refractivity contribution in [3.05, 3.63) is 0 Å². The zero-order chi connectivity index (χ0) is 15.7. The largest absolute Gasteiger partial charge is 2.00 e. The molecular weight excluding hydrogens is 292 g/mol. The van der Waals surface area contributed by atoms with Crippen LogP contribution in [-0.2, 0) is 0 Å². The molecule has 0 fully saturated rings. The molecule has 0 rings (SSSR count). The van der Waals surface area contributed by atoms with Crippen molar-refractivity contribution >= 4 is 50.0 Å². The van der Waals surface area contributed by atoms with E-state index in [0.29, 0.717) is 13.1 Å². The van der Waals surface area contributed by atoms with Crippen LogP contribution >= 0.6 is 0 Å². The SMILES string of the molecule is NCC(N)N.NCC(N)N.O=C(O)O.O=C([O-])[O-].[Ca+2]. The molecule has 0 aliphatic rings. The molecule has 19 heavy (non-hydrogen) atoms. The molecule has 0 heterocycles. The Bertz CT molecular complexity index is 167. The van der Waals surface area contributed by atoms with E-state index >= 15 is 0 Å². The Kier molecular flexibility index (Phi) is 42.9. The van der Waals surface area contributed by atoms with Gasteiger partial charge in [-0.25, -0.2) is 4.79 Å². The summed E-state index contributed by atoms with van der Waals surface area (Å²) in [5.74, 6) is 0. The zero-order valence-electron chi connectivity index (χ0n) is 10.3. The van der Waals surface area contributed by atoms with Gasteiger partial charge in [0.25, 0.3) is 0 Å². The van der Waals surface area contributed by atoms with Gasteiger partial charge in [-0.05, 0) is 6.16 Å². The summed E-state index contributed by atoms with van der Waals surface area (Å²) in [5, 5.41) is 30.6. The second-order valence-electron chi connectivity index (χ2n) is 2.33. The van der Waals surface area contributed by atoms with E-state index < -0.39 is 12.3 Å². The van der Waals surface area contributed by atoms with Crippen LogP contribution in [0.5, 0.6) is 0 Å². The molecule has 0 aliphatic heterocycles. The first-order valence-electron chi connectivity index (χ1n) is 4.23. The molecule has 0 bridgehead atoms. The summed E-state index contributed by atoms with van der Waals surface area (Å²) in [6.07, 6.45) is -4.84. The Labute approximate surface area is 139 Å². The fraction of sp³-hybridized carbons (Fsp3) is 0.667. The van der Waals surface area contributed by atoms with Crippen molar-refractivity contribution < 1.29 is 30.0 Å². The van der Waals surface area contributed by atoms with Crippen molar-refractivity contribution in [3.63, 3.8) is 0 Å². The van der Waals surface area contributed by atoms with Crippen LogP contribution in [0.4, 0.5) is 9.59 Å². The van der Waals surface area contributed by atoms with Gasteiger partial charge in [-0.15, -0.1) is 0 Å². The molecule has 0 unspecified atom stereocenters. The molecule has 112 valence electrons. The minimum absolute atomic E-state index is 0. The Morgan fingerprint density at radius 1 is 0.895 bits per heavy atom. The van der Waals surface area contributed by atoms with Crippen LogP contribution in [-0.4, -0.2) is 85.7 Å². The molecule has 0 saturated heterocycles. The van der Waals surface area contributed by atoms with Crippen molar-refractivity contribution in [3.8, 4) is 0 Å². The van der Waals surface area contributed by atoms with Gasteiger partial charge < -0.3 is 59.6 Å². The summed E-state index contributed by atoms with van der Waals surface area (Å²) in [7, 11) is 0. The average Bonchev–Trinajstić information content (AvgIpc) is 2.16. The first kappa shape index (κ1) is 31.1. The van der Waals surface area contributed by atoms with Crippen LogP contribution in [0.2, 0.25) is 0 Å². The number of rotatable bonds is 2. The van der Waals surface area contributed by atoms with Gasteiger partial charge in [-0.3, -0.25) is 0 Å². The van der Waals surface area contributed by atoms with Gasteiger partial charge >= 0.3 is 43.9 Å². The predicted molar refractivity (Wildman–Crippen MR) is 64.2 cm³/mol. The molecule has 12 nitrogen and oxygen atoms in total. The third-order valence-corrected chi connectivity index (χ3v) is 0.544. The van der Waals surface area contributed by atoms with Crippen LogP contribution in [0.15, 0.2) is 0 Å². The topological polar surface area (TPSA) is 277 Å². The van der Waals surface area contributed by atoms with Crippen LogP contribution in [0.1, 0.15) is 0 Å². The molecule has 0 atom stereocenters. The molecule has 0 amide bonds. The summed E-state index contributed by atoms with van der Waals surface area (Å²) >= 11 is 0. The summed E-state index contributed by atoms with van der Waals surface area (Å²) in [6.45, 7) is 0.722. The Hall–Kier alpha value is -0.440. The van der Waals surface area contributed by atoms with Crippen molar-refractivity contribution in [1.82, 2.24) is 0 Å².